The number of para-hydroxylation sites is 1. The van der Waals surface area contributed by atoms with Gasteiger partial charge in [-0.15, -0.1) is 0 Å². The highest BCUT2D eigenvalue weighted by molar-refractivity contribution is 5.99. The van der Waals surface area contributed by atoms with Crippen LogP contribution in [-0.2, 0) is 13.0 Å². The Hall–Kier alpha value is -2.29. The van der Waals surface area contributed by atoms with Crippen LogP contribution in [0.5, 0.6) is 0 Å². The van der Waals surface area contributed by atoms with E-state index < -0.39 is 0 Å². The van der Waals surface area contributed by atoms with Crippen molar-refractivity contribution < 1.29 is 4.79 Å². The van der Waals surface area contributed by atoms with E-state index in [1.165, 1.54) is 11.1 Å². The Kier molecular flexibility index (Phi) is 4.99. The third kappa shape index (κ3) is 3.63. The largest absolute Gasteiger partial charge is 0.380 e. The number of nitrogens with one attached hydrogen (secondary N) is 1. The summed E-state index contributed by atoms with van der Waals surface area (Å²) in [5, 5.41) is 3.39. The molecule has 0 bridgehead atoms. The lowest BCUT2D eigenvalue weighted by molar-refractivity contribution is 0.0828. The molecule has 0 atom stereocenters. The molecule has 0 aliphatic heterocycles. The molecule has 2 aromatic rings. The zero-order chi connectivity index (χ0) is 15.2. The first-order valence-electron chi connectivity index (χ1n) is 7.24. The number of hydrogen-bond donors (Lipinski definition) is 1. The molecule has 21 heavy (non-hydrogen) atoms. The third-order valence-electron chi connectivity index (χ3n) is 3.53. The van der Waals surface area contributed by atoms with Gasteiger partial charge in [0.1, 0.15) is 0 Å². The van der Waals surface area contributed by atoms with E-state index in [1.807, 2.05) is 30.3 Å². The maximum Gasteiger partial charge on any atom is 0.255 e. The molecule has 0 saturated heterocycles. The van der Waals surface area contributed by atoms with E-state index in [9.17, 15) is 4.79 Å². The van der Waals surface area contributed by atoms with Gasteiger partial charge in [0.05, 0.1) is 5.56 Å². The van der Waals surface area contributed by atoms with Crippen LogP contribution in [0, 0.1) is 0 Å². The molecule has 0 aliphatic carbocycles. The van der Waals surface area contributed by atoms with E-state index in [1.54, 1.807) is 19.0 Å². The van der Waals surface area contributed by atoms with Crippen LogP contribution in [0.4, 0.5) is 5.69 Å². The van der Waals surface area contributed by atoms with Gasteiger partial charge in [-0.05, 0) is 29.7 Å². The van der Waals surface area contributed by atoms with Crippen LogP contribution in [0.1, 0.15) is 28.4 Å². The monoisotopic (exact) mass is 282 g/mol. The summed E-state index contributed by atoms with van der Waals surface area (Å²) < 4.78 is 0. The van der Waals surface area contributed by atoms with E-state index in [4.69, 9.17) is 0 Å². The van der Waals surface area contributed by atoms with Gasteiger partial charge in [-0.1, -0.05) is 43.3 Å². The van der Waals surface area contributed by atoms with Crippen molar-refractivity contribution >= 4 is 11.6 Å². The Labute approximate surface area is 126 Å². The van der Waals surface area contributed by atoms with Crippen molar-refractivity contribution in [3.63, 3.8) is 0 Å². The zero-order valence-electron chi connectivity index (χ0n) is 12.9. The maximum atomic E-state index is 12.2. The molecule has 0 saturated carbocycles. The zero-order valence-corrected chi connectivity index (χ0v) is 12.9. The minimum Gasteiger partial charge on any atom is -0.380 e. The minimum atomic E-state index is 0.0156. The standard InChI is InChI=1S/C18H22N2O/c1-4-14-9-5-6-10-15(14)13-19-17-12-8-7-11-16(17)18(21)20(2)3/h5-12,19H,4,13H2,1-3H3. The second-order valence-corrected chi connectivity index (χ2v) is 5.22. The lowest BCUT2D eigenvalue weighted by Crippen LogP contribution is -2.23. The van der Waals surface area contributed by atoms with Gasteiger partial charge in [0, 0.05) is 26.3 Å². The van der Waals surface area contributed by atoms with Gasteiger partial charge in [0.15, 0.2) is 0 Å². The molecular formula is C18H22N2O. The lowest BCUT2D eigenvalue weighted by atomic mass is 10.0. The van der Waals surface area contributed by atoms with E-state index in [0.29, 0.717) is 5.56 Å². The molecule has 110 valence electrons. The van der Waals surface area contributed by atoms with Gasteiger partial charge >= 0.3 is 0 Å². The van der Waals surface area contributed by atoms with Gasteiger partial charge in [0.2, 0.25) is 0 Å². The van der Waals surface area contributed by atoms with E-state index in [0.717, 1.165) is 18.7 Å². The lowest BCUT2D eigenvalue weighted by Gasteiger charge is -2.16. The van der Waals surface area contributed by atoms with Crippen LogP contribution < -0.4 is 5.32 Å². The fourth-order valence-corrected chi connectivity index (χ4v) is 2.33. The van der Waals surface area contributed by atoms with Crippen LogP contribution in [-0.4, -0.2) is 24.9 Å². The Morgan fingerprint density at radius 1 is 1.00 bits per heavy atom. The topological polar surface area (TPSA) is 32.3 Å². The predicted molar refractivity (Wildman–Crippen MR) is 87.6 cm³/mol. The Morgan fingerprint density at radius 3 is 2.29 bits per heavy atom. The number of anilines is 1. The Bertz CT molecular complexity index is 620. The van der Waals surface area contributed by atoms with Crippen LogP contribution in [0.2, 0.25) is 0 Å². The molecule has 0 heterocycles. The molecule has 0 fully saturated rings. The van der Waals surface area contributed by atoms with Gasteiger partial charge in [-0.2, -0.15) is 0 Å². The van der Waals surface area contributed by atoms with Gasteiger partial charge in [0.25, 0.3) is 5.91 Å². The van der Waals surface area contributed by atoms with Crippen LogP contribution in [0.3, 0.4) is 0 Å². The average Bonchev–Trinajstić information content (AvgIpc) is 2.52. The number of hydrogen-bond acceptors (Lipinski definition) is 2. The number of carbonyl (C=O) groups excluding carboxylic acids is 1. The van der Waals surface area contributed by atoms with Crippen molar-refractivity contribution in [3.8, 4) is 0 Å². The van der Waals surface area contributed by atoms with Crippen molar-refractivity contribution in [2.45, 2.75) is 19.9 Å². The van der Waals surface area contributed by atoms with Crippen molar-refractivity contribution in [2.75, 3.05) is 19.4 Å². The number of rotatable bonds is 5. The molecule has 3 nitrogen and oxygen atoms in total. The van der Waals surface area contributed by atoms with Crippen LogP contribution >= 0.6 is 0 Å². The highest BCUT2D eigenvalue weighted by atomic mass is 16.2. The molecule has 0 aliphatic rings. The summed E-state index contributed by atoms with van der Waals surface area (Å²) in [5.74, 6) is 0.0156. The highest BCUT2D eigenvalue weighted by Crippen LogP contribution is 2.18. The van der Waals surface area contributed by atoms with Crippen molar-refractivity contribution in [3.05, 3.63) is 65.2 Å². The summed E-state index contributed by atoms with van der Waals surface area (Å²) in [6.45, 7) is 2.88. The van der Waals surface area contributed by atoms with E-state index >= 15 is 0 Å². The van der Waals surface area contributed by atoms with E-state index in [2.05, 4.69) is 30.4 Å². The molecule has 0 aromatic heterocycles. The number of benzene rings is 2. The summed E-state index contributed by atoms with van der Waals surface area (Å²) in [6, 6.07) is 16.0. The molecule has 0 spiro atoms. The summed E-state index contributed by atoms with van der Waals surface area (Å²) >= 11 is 0. The number of amides is 1. The molecule has 0 radical (unpaired) electrons. The Balaban J connectivity index is 2.19. The fraction of sp³-hybridized carbons (Fsp3) is 0.278. The fourth-order valence-electron chi connectivity index (χ4n) is 2.33. The summed E-state index contributed by atoms with van der Waals surface area (Å²) in [6.07, 6.45) is 1.01. The van der Waals surface area contributed by atoms with Crippen molar-refractivity contribution in [2.24, 2.45) is 0 Å². The maximum absolute atomic E-state index is 12.2. The molecule has 1 N–H and O–H groups in total. The summed E-state index contributed by atoms with van der Waals surface area (Å²) in [5.41, 5.74) is 4.19. The number of carbonyl (C=O) groups is 1. The second-order valence-electron chi connectivity index (χ2n) is 5.22. The molecule has 1 amide bonds. The van der Waals surface area contributed by atoms with Gasteiger partial charge in [-0.25, -0.2) is 0 Å². The normalized spacial score (nSPS) is 10.2. The van der Waals surface area contributed by atoms with Gasteiger partial charge < -0.3 is 10.2 Å². The second kappa shape index (κ2) is 6.93. The van der Waals surface area contributed by atoms with Crippen LogP contribution in [0.15, 0.2) is 48.5 Å². The molecule has 3 heteroatoms. The van der Waals surface area contributed by atoms with Crippen LogP contribution in [0.25, 0.3) is 0 Å². The smallest absolute Gasteiger partial charge is 0.255 e. The minimum absolute atomic E-state index is 0.0156. The molecule has 2 aromatic carbocycles. The molecule has 0 unspecified atom stereocenters. The quantitative estimate of drug-likeness (QED) is 0.909. The average molecular weight is 282 g/mol. The highest BCUT2D eigenvalue weighted by Gasteiger charge is 2.12. The number of nitrogens with zero attached hydrogens (tertiary/aromatic N) is 1. The predicted octanol–water partition coefficient (Wildman–Crippen LogP) is 3.56. The van der Waals surface area contributed by atoms with Crippen molar-refractivity contribution in [1.82, 2.24) is 4.90 Å². The van der Waals surface area contributed by atoms with E-state index in [-0.39, 0.29) is 5.91 Å². The first kappa shape index (κ1) is 15.1. The third-order valence-corrected chi connectivity index (χ3v) is 3.53. The SMILES string of the molecule is CCc1ccccc1CNc1ccccc1C(=O)N(C)C. The number of aryl methyl sites for hydroxylation is 1. The summed E-state index contributed by atoms with van der Waals surface area (Å²) in [4.78, 5) is 13.8. The Morgan fingerprint density at radius 2 is 1.62 bits per heavy atom. The molecule has 2 rings (SSSR count). The van der Waals surface area contributed by atoms with Crippen molar-refractivity contribution in [1.29, 1.82) is 0 Å². The molecular weight excluding hydrogens is 260 g/mol. The first-order valence-corrected chi connectivity index (χ1v) is 7.24. The summed E-state index contributed by atoms with van der Waals surface area (Å²) in [7, 11) is 3.54. The van der Waals surface area contributed by atoms with Gasteiger partial charge in [-0.3, -0.25) is 4.79 Å². The first-order chi connectivity index (χ1) is 10.1.